The Morgan fingerprint density at radius 3 is 2.23 bits per heavy atom. The molecule has 13 heteroatoms. The normalized spacial score (nSPS) is 23.9. The summed E-state index contributed by atoms with van der Waals surface area (Å²) in [5.41, 5.74) is 1.70. The molecular formula is C27H34F6N2O5. The monoisotopic (exact) mass is 580 g/mol. The molecule has 1 saturated carbocycles. The van der Waals surface area contributed by atoms with Crippen molar-refractivity contribution >= 4 is 12.6 Å². The van der Waals surface area contributed by atoms with Crippen LogP contribution < -0.4 is 4.74 Å². The molecule has 0 unspecified atom stereocenters. The molecule has 1 spiro atoms. The maximum absolute atomic E-state index is 12.8. The van der Waals surface area contributed by atoms with Gasteiger partial charge in [-0.05, 0) is 76.5 Å². The Kier molecular flexibility index (Phi) is 9.11. The van der Waals surface area contributed by atoms with Crippen LogP contribution in [-0.4, -0.2) is 78.2 Å². The van der Waals surface area contributed by atoms with Crippen LogP contribution in [0.4, 0.5) is 31.1 Å². The molecule has 2 heterocycles. The minimum absolute atomic E-state index is 0.00111. The minimum atomic E-state index is -5.75. The van der Waals surface area contributed by atoms with Crippen LogP contribution in [0, 0.1) is 6.92 Å². The average Bonchev–Trinajstić information content (AvgIpc) is 3.25. The highest BCUT2D eigenvalue weighted by molar-refractivity contribution is 5.68. The summed E-state index contributed by atoms with van der Waals surface area (Å²) in [6, 6.07) is 6.00. The van der Waals surface area contributed by atoms with E-state index in [0.29, 0.717) is 25.9 Å². The number of carbonyl (C=O) groups excluding carboxylic acids is 2. The van der Waals surface area contributed by atoms with E-state index < -0.39 is 24.5 Å². The van der Waals surface area contributed by atoms with Gasteiger partial charge in [-0.25, -0.2) is 4.79 Å². The number of benzene rings is 1. The highest BCUT2D eigenvalue weighted by Crippen LogP contribution is 2.42. The predicted molar refractivity (Wildman–Crippen MR) is 131 cm³/mol. The summed E-state index contributed by atoms with van der Waals surface area (Å²) in [5, 5.41) is 0. The van der Waals surface area contributed by atoms with Gasteiger partial charge >= 0.3 is 18.4 Å². The van der Waals surface area contributed by atoms with E-state index in [-0.39, 0.29) is 30.8 Å². The third-order valence-electron chi connectivity index (χ3n) is 8.25. The zero-order valence-corrected chi connectivity index (χ0v) is 22.2. The van der Waals surface area contributed by atoms with Crippen molar-refractivity contribution in [3.05, 3.63) is 29.3 Å². The molecule has 0 aromatic heterocycles. The molecule has 2 aliphatic heterocycles. The number of piperidine rings is 1. The quantitative estimate of drug-likeness (QED) is 0.295. The highest BCUT2D eigenvalue weighted by Gasteiger charge is 2.60. The van der Waals surface area contributed by atoms with Crippen LogP contribution in [0.1, 0.15) is 62.5 Å². The molecule has 1 amide bonds. The highest BCUT2D eigenvalue weighted by atomic mass is 19.4. The van der Waals surface area contributed by atoms with Crippen LogP contribution in [0.15, 0.2) is 18.2 Å². The number of likely N-dealkylation sites (tertiary alicyclic amines) is 2. The van der Waals surface area contributed by atoms with Crippen molar-refractivity contribution in [1.82, 2.24) is 9.80 Å². The van der Waals surface area contributed by atoms with Gasteiger partial charge in [-0.15, -0.1) is 0 Å². The minimum Gasteiger partial charge on any atom is -0.490 e. The van der Waals surface area contributed by atoms with Gasteiger partial charge in [-0.2, -0.15) is 26.3 Å². The maximum atomic E-state index is 12.8. The number of hydrogen-bond donors (Lipinski definition) is 0. The summed E-state index contributed by atoms with van der Waals surface area (Å²) >= 11 is 0. The molecule has 3 fully saturated rings. The molecular weight excluding hydrogens is 546 g/mol. The van der Waals surface area contributed by atoms with E-state index in [1.165, 1.54) is 0 Å². The standard InChI is InChI=1S/C27H34F6N2O5/c1-18-3-4-19(22(15-18)39-21-7-5-20(6-8-21)38-17-36)16-35-12-2-9-25(35)10-13-34(14-11-25)24(37)40-23(26(28,29)30)27(31,32)33/h3-4,15,17,20-21,23H,2,5-14,16H2,1H3. The first-order valence-corrected chi connectivity index (χ1v) is 13.5. The zero-order valence-electron chi connectivity index (χ0n) is 22.2. The van der Waals surface area contributed by atoms with Crippen LogP contribution in [0.2, 0.25) is 0 Å². The number of ether oxygens (including phenoxy) is 3. The van der Waals surface area contributed by atoms with Crippen molar-refractivity contribution in [2.24, 2.45) is 0 Å². The third kappa shape index (κ3) is 7.13. The summed E-state index contributed by atoms with van der Waals surface area (Å²) in [6.45, 7) is 3.79. The SMILES string of the molecule is Cc1ccc(CN2CCCC23CCN(C(=O)OC(C(F)(F)F)C(F)(F)F)CC3)c(OC2CCC(OC=O)CC2)c1. The second-order valence-corrected chi connectivity index (χ2v) is 10.9. The smallest absolute Gasteiger partial charge is 0.434 e. The van der Waals surface area contributed by atoms with E-state index in [9.17, 15) is 35.9 Å². The number of nitrogens with zero attached hydrogens (tertiary/aromatic N) is 2. The first-order chi connectivity index (χ1) is 18.8. The molecule has 2 saturated heterocycles. The third-order valence-corrected chi connectivity index (χ3v) is 8.25. The molecule has 1 aromatic rings. The van der Waals surface area contributed by atoms with Gasteiger partial charge in [0.2, 0.25) is 0 Å². The fourth-order valence-electron chi connectivity index (χ4n) is 6.06. The van der Waals surface area contributed by atoms with Crippen LogP contribution in [0.25, 0.3) is 0 Å². The molecule has 0 atom stereocenters. The van der Waals surface area contributed by atoms with E-state index >= 15 is 0 Å². The maximum Gasteiger partial charge on any atom is 0.434 e. The lowest BCUT2D eigenvalue weighted by Gasteiger charge is -2.45. The summed E-state index contributed by atoms with van der Waals surface area (Å²) < 4.78 is 92.4. The van der Waals surface area contributed by atoms with Gasteiger partial charge in [0, 0.05) is 30.7 Å². The fourth-order valence-corrected chi connectivity index (χ4v) is 6.06. The second kappa shape index (κ2) is 12.0. The van der Waals surface area contributed by atoms with Gasteiger partial charge in [0.15, 0.2) is 0 Å². The molecule has 1 aromatic carbocycles. The number of alkyl halides is 6. The Morgan fingerprint density at radius 2 is 1.62 bits per heavy atom. The lowest BCUT2D eigenvalue weighted by atomic mass is 9.84. The molecule has 224 valence electrons. The molecule has 4 rings (SSSR count). The Bertz CT molecular complexity index is 1020. The van der Waals surface area contributed by atoms with E-state index in [1.54, 1.807) is 0 Å². The zero-order chi connectivity index (χ0) is 29.1. The van der Waals surface area contributed by atoms with Crippen LogP contribution in [0.3, 0.4) is 0 Å². The number of halogens is 6. The van der Waals surface area contributed by atoms with E-state index in [0.717, 1.165) is 66.8 Å². The van der Waals surface area contributed by atoms with E-state index in [2.05, 4.69) is 9.64 Å². The average molecular weight is 581 g/mol. The Hall–Kier alpha value is -2.70. The summed E-state index contributed by atoms with van der Waals surface area (Å²) in [6.07, 6.45) is -11.9. The Labute approximate surface area is 228 Å². The molecule has 0 N–H and O–H groups in total. The van der Waals surface area contributed by atoms with Crippen LogP contribution in [0.5, 0.6) is 5.75 Å². The summed E-state index contributed by atoms with van der Waals surface area (Å²) in [5.74, 6) is 0.771. The van der Waals surface area contributed by atoms with Gasteiger partial charge in [-0.3, -0.25) is 9.69 Å². The first-order valence-electron chi connectivity index (χ1n) is 13.5. The number of carbonyl (C=O) groups is 2. The van der Waals surface area contributed by atoms with Crippen LogP contribution in [-0.2, 0) is 20.8 Å². The molecule has 40 heavy (non-hydrogen) atoms. The number of hydrogen-bond acceptors (Lipinski definition) is 6. The summed E-state index contributed by atoms with van der Waals surface area (Å²) in [4.78, 5) is 26.1. The second-order valence-electron chi connectivity index (χ2n) is 10.9. The largest absolute Gasteiger partial charge is 0.490 e. The van der Waals surface area contributed by atoms with Gasteiger partial charge < -0.3 is 19.1 Å². The number of rotatable bonds is 7. The first kappa shape index (κ1) is 30.3. The molecule has 0 radical (unpaired) electrons. The topological polar surface area (TPSA) is 68.3 Å². The van der Waals surface area contributed by atoms with Gasteiger partial charge in [-0.1, -0.05) is 12.1 Å². The molecule has 3 aliphatic rings. The van der Waals surface area contributed by atoms with Crippen molar-refractivity contribution in [2.45, 2.75) is 101 Å². The van der Waals surface area contributed by atoms with Crippen molar-refractivity contribution in [1.29, 1.82) is 0 Å². The molecule has 0 bridgehead atoms. The lowest BCUT2D eigenvalue weighted by Crippen LogP contribution is -2.54. The molecule has 7 nitrogen and oxygen atoms in total. The fraction of sp³-hybridized carbons (Fsp3) is 0.704. The molecule has 1 aliphatic carbocycles. The van der Waals surface area contributed by atoms with Crippen molar-refractivity contribution in [2.75, 3.05) is 19.6 Å². The number of aryl methyl sites for hydroxylation is 1. The van der Waals surface area contributed by atoms with Gasteiger partial charge in [0.25, 0.3) is 12.6 Å². The van der Waals surface area contributed by atoms with Crippen molar-refractivity contribution in [3.8, 4) is 5.75 Å². The van der Waals surface area contributed by atoms with Crippen LogP contribution >= 0.6 is 0 Å². The van der Waals surface area contributed by atoms with Crippen molar-refractivity contribution < 1.29 is 50.1 Å². The van der Waals surface area contributed by atoms with E-state index in [4.69, 9.17) is 9.47 Å². The lowest BCUT2D eigenvalue weighted by molar-refractivity contribution is -0.308. The van der Waals surface area contributed by atoms with Crippen molar-refractivity contribution in [3.63, 3.8) is 0 Å². The van der Waals surface area contributed by atoms with E-state index in [1.807, 2.05) is 25.1 Å². The summed E-state index contributed by atoms with van der Waals surface area (Å²) in [7, 11) is 0. The Morgan fingerprint density at radius 1 is 1.00 bits per heavy atom. The predicted octanol–water partition coefficient (Wildman–Crippen LogP) is 5.92. The number of amides is 1. The van der Waals surface area contributed by atoms with Gasteiger partial charge in [0.1, 0.15) is 11.9 Å². The van der Waals surface area contributed by atoms with Gasteiger partial charge in [0.05, 0.1) is 6.10 Å². The Balaban J connectivity index is 1.38.